The Morgan fingerprint density at radius 2 is 1.90 bits per heavy atom. The summed E-state index contributed by atoms with van der Waals surface area (Å²) in [6.07, 6.45) is 5.49. The maximum Gasteiger partial charge on any atom is 0.264 e. The van der Waals surface area contributed by atoms with Crippen LogP contribution in [-0.2, 0) is 35.9 Å². The van der Waals surface area contributed by atoms with E-state index < -0.39 is 28.0 Å². The molecule has 0 radical (unpaired) electrons. The van der Waals surface area contributed by atoms with Gasteiger partial charge in [0.05, 0.1) is 23.6 Å². The van der Waals surface area contributed by atoms with Crippen molar-refractivity contribution in [2.24, 2.45) is 14.0 Å². The van der Waals surface area contributed by atoms with Crippen LogP contribution in [0.4, 0.5) is 0 Å². The van der Waals surface area contributed by atoms with Gasteiger partial charge in [0, 0.05) is 54.3 Å². The zero-order valence-electron chi connectivity index (χ0n) is 24.5. The molecule has 10 nitrogen and oxygen atoms in total. The number of hydrogen-bond donors (Lipinski definition) is 0. The van der Waals surface area contributed by atoms with Crippen molar-refractivity contribution in [1.29, 1.82) is 0 Å². The maximum atomic E-state index is 13.5. The van der Waals surface area contributed by atoms with E-state index >= 15 is 0 Å². The molecule has 11 heteroatoms. The molecule has 5 aromatic rings. The van der Waals surface area contributed by atoms with Crippen LogP contribution < -0.4 is 5.56 Å². The molecule has 1 atom stereocenters. The lowest BCUT2D eigenvalue weighted by Crippen LogP contribution is -2.36. The van der Waals surface area contributed by atoms with Gasteiger partial charge in [0.1, 0.15) is 0 Å². The summed E-state index contributed by atoms with van der Waals surface area (Å²) in [5.74, 6) is 0. The second-order valence-electron chi connectivity index (χ2n) is 10.1. The van der Waals surface area contributed by atoms with E-state index in [0.717, 1.165) is 32.2 Å². The highest BCUT2D eigenvalue weighted by atomic mass is 32.2. The molecule has 0 bridgehead atoms. The van der Waals surface area contributed by atoms with Gasteiger partial charge >= 0.3 is 0 Å². The molecule has 0 N–H and O–H groups in total. The van der Waals surface area contributed by atoms with Crippen LogP contribution in [-0.4, -0.2) is 55.2 Å². The van der Waals surface area contributed by atoms with Crippen molar-refractivity contribution in [3.63, 3.8) is 0 Å². The molecule has 2 aromatic carbocycles. The van der Waals surface area contributed by atoms with Crippen molar-refractivity contribution >= 4 is 20.9 Å². The highest BCUT2D eigenvalue weighted by Gasteiger charge is 2.45. The molecule has 0 amide bonds. The SMILES string of the molecule is [2H]C([2H])([2H])n1cc(-n2ncc3cc(C4(Cc5ccccc5)CCN(S(=O)(=O)c5cnn(C)n5)C4)c(C)cc32)ccc1=O. The van der Waals surface area contributed by atoms with E-state index in [4.69, 9.17) is 4.11 Å². The third-order valence-electron chi connectivity index (χ3n) is 7.51. The van der Waals surface area contributed by atoms with E-state index in [2.05, 4.69) is 21.4 Å². The topological polar surface area (TPSA) is 108 Å². The number of fused-ring (bicyclic) bond motifs is 1. The fourth-order valence-electron chi connectivity index (χ4n) is 5.62. The van der Waals surface area contributed by atoms with Gasteiger partial charge < -0.3 is 4.57 Å². The second kappa shape index (κ2) is 9.28. The monoisotopic (exact) mass is 546 g/mol. The van der Waals surface area contributed by atoms with Gasteiger partial charge in [-0.2, -0.15) is 19.3 Å². The summed E-state index contributed by atoms with van der Waals surface area (Å²) in [6, 6.07) is 16.8. The summed E-state index contributed by atoms with van der Waals surface area (Å²) in [5, 5.41) is 13.3. The Morgan fingerprint density at radius 1 is 1.08 bits per heavy atom. The quantitative estimate of drug-likeness (QED) is 0.324. The number of rotatable bonds is 6. The zero-order valence-corrected chi connectivity index (χ0v) is 22.3. The van der Waals surface area contributed by atoms with Crippen molar-refractivity contribution < 1.29 is 12.5 Å². The minimum absolute atomic E-state index is 0.0765. The lowest BCUT2D eigenvalue weighted by Gasteiger charge is -2.32. The van der Waals surface area contributed by atoms with Crippen LogP contribution in [0.25, 0.3) is 16.6 Å². The van der Waals surface area contributed by atoms with Gasteiger partial charge in [0.2, 0.25) is 10.6 Å². The van der Waals surface area contributed by atoms with Crippen molar-refractivity contribution in [1.82, 2.24) is 33.6 Å². The first-order valence-corrected chi connectivity index (χ1v) is 13.9. The Morgan fingerprint density at radius 3 is 2.64 bits per heavy atom. The molecule has 1 saturated heterocycles. The lowest BCUT2D eigenvalue weighted by molar-refractivity contribution is 0.412. The number of benzene rings is 2. The average Bonchev–Trinajstić information content (AvgIpc) is 3.68. The van der Waals surface area contributed by atoms with Crippen LogP contribution in [0.1, 0.15) is 27.2 Å². The van der Waals surface area contributed by atoms with Gasteiger partial charge in [0.15, 0.2) is 0 Å². The lowest BCUT2D eigenvalue weighted by atomic mass is 9.73. The summed E-state index contributed by atoms with van der Waals surface area (Å²) < 4.78 is 54.0. The molecule has 200 valence electrons. The number of pyridine rings is 1. The largest absolute Gasteiger partial charge is 0.316 e. The van der Waals surface area contributed by atoms with Crippen molar-refractivity contribution in [2.75, 3.05) is 13.1 Å². The van der Waals surface area contributed by atoms with Gasteiger partial charge in [0.25, 0.3) is 10.0 Å². The zero-order chi connectivity index (χ0) is 29.9. The molecule has 39 heavy (non-hydrogen) atoms. The smallest absolute Gasteiger partial charge is 0.264 e. The van der Waals surface area contributed by atoms with Crippen LogP contribution in [0.15, 0.2) is 83.0 Å². The van der Waals surface area contributed by atoms with Gasteiger partial charge in [-0.05, 0) is 54.7 Å². The van der Waals surface area contributed by atoms with E-state index in [1.54, 1.807) is 24.0 Å². The Hall–Kier alpha value is -4.09. The first-order chi connectivity index (χ1) is 19.9. The fourth-order valence-corrected chi connectivity index (χ4v) is 7.03. The summed E-state index contributed by atoms with van der Waals surface area (Å²) in [4.78, 5) is 13.4. The molecule has 1 fully saturated rings. The molecular formula is C28H29N7O3S. The number of sulfonamides is 1. The molecule has 4 heterocycles. The Bertz CT molecular complexity index is 1970. The summed E-state index contributed by atoms with van der Waals surface area (Å²) >= 11 is 0. The van der Waals surface area contributed by atoms with Gasteiger partial charge in [-0.15, -0.1) is 5.10 Å². The normalized spacial score (nSPS) is 19.7. The van der Waals surface area contributed by atoms with Gasteiger partial charge in [-0.25, -0.2) is 13.1 Å². The third kappa shape index (κ3) is 4.37. The molecule has 0 aliphatic carbocycles. The molecule has 1 aliphatic rings. The van der Waals surface area contributed by atoms with Gasteiger partial charge in [-0.1, -0.05) is 30.3 Å². The summed E-state index contributed by atoms with van der Waals surface area (Å²) in [7, 11) is -2.27. The van der Waals surface area contributed by atoms with Crippen LogP contribution in [0.5, 0.6) is 0 Å². The van der Waals surface area contributed by atoms with Crippen molar-refractivity contribution in [3.05, 3.63) is 100 Å². The highest BCUT2D eigenvalue weighted by Crippen LogP contribution is 2.42. The molecule has 1 unspecified atom stereocenters. The average molecular weight is 547 g/mol. The first kappa shape index (κ1) is 21.8. The Balaban J connectivity index is 1.44. The van der Waals surface area contributed by atoms with E-state index in [0.29, 0.717) is 25.1 Å². The predicted octanol–water partition coefficient (Wildman–Crippen LogP) is 2.74. The van der Waals surface area contributed by atoms with E-state index in [9.17, 15) is 13.2 Å². The number of aryl methyl sites for hydroxylation is 3. The second-order valence-corrected chi connectivity index (χ2v) is 12.0. The Kier molecular flexibility index (Phi) is 5.19. The highest BCUT2D eigenvalue weighted by molar-refractivity contribution is 7.89. The number of aromatic nitrogens is 6. The van der Waals surface area contributed by atoms with E-state index in [1.165, 1.54) is 27.6 Å². The number of nitrogens with zero attached hydrogens (tertiary/aromatic N) is 7. The van der Waals surface area contributed by atoms with E-state index in [1.807, 2.05) is 43.3 Å². The molecule has 0 spiro atoms. The molecule has 3 aromatic heterocycles. The van der Waals surface area contributed by atoms with Crippen LogP contribution >= 0.6 is 0 Å². The van der Waals surface area contributed by atoms with Crippen LogP contribution in [0.2, 0.25) is 0 Å². The maximum absolute atomic E-state index is 13.5. The molecular weight excluding hydrogens is 514 g/mol. The minimum Gasteiger partial charge on any atom is -0.316 e. The summed E-state index contributed by atoms with van der Waals surface area (Å²) in [6.45, 7) is -0.0327. The molecule has 6 rings (SSSR count). The van der Waals surface area contributed by atoms with Crippen molar-refractivity contribution in [3.8, 4) is 5.69 Å². The fraction of sp³-hybridized carbons (Fsp3) is 0.286. The molecule has 1 aliphatic heterocycles. The van der Waals surface area contributed by atoms with Crippen molar-refractivity contribution in [2.45, 2.75) is 30.2 Å². The van der Waals surface area contributed by atoms with E-state index in [-0.39, 0.29) is 11.6 Å². The predicted molar refractivity (Wildman–Crippen MR) is 147 cm³/mol. The first-order valence-electron chi connectivity index (χ1n) is 14.0. The van der Waals surface area contributed by atoms with Gasteiger partial charge in [-0.3, -0.25) is 4.79 Å². The third-order valence-corrected chi connectivity index (χ3v) is 9.22. The van der Waals surface area contributed by atoms with Crippen LogP contribution in [0.3, 0.4) is 0 Å². The van der Waals surface area contributed by atoms with Crippen LogP contribution in [0, 0.1) is 6.92 Å². The number of hydrogen-bond acceptors (Lipinski definition) is 6. The Labute approximate surface area is 230 Å². The minimum atomic E-state index is -3.85. The summed E-state index contributed by atoms with van der Waals surface area (Å²) in [5.41, 5.74) is 3.09. The molecule has 0 saturated carbocycles. The standard InChI is InChI=1S/C28H29N7O3S/c1-20-13-25-22(16-30-35(25)23-9-10-27(36)32(2)18-23)14-24(20)28(15-21-7-5-4-6-8-21)11-12-34(19-28)39(37,38)26-17-29-33(3)31-26/h4-10,13-14,16-18H,11-12,15,19H2,1-3H3/i2D3.